The highest BCUT2D eigenvalue weighted by atomic mass is 16.5. The molecule has 4 saturated carbocycles. The molecule has 0 heterocycles. The average molecular weight is 687 g/mol. The average Bonchev–Trinajstić information content (AvgIpc) is 3.29. The minimum Gasteiger partial charge on any atom is -0.478 e. The van der Waals surface area contributed by atoms with Gasteiger partial charge in [-0.25, -0.2) is 4.79 Å². The normalized spacial score (nSPS) is 38.0. The number of nitrogens with two attached hydrogens (primary N) is 2. The number of allylic oxidation sites excluding steroid dienone is 2. The molecule has 9 heteroatoms. The number of nitrogens with one attached hydrogen (secondary N) is 1. The third kappa shape index (κ3) is 8.16. The lowest BCUT2D eigenvalue weighted by Gasteiger charge is -2.69. The van der Waals surface area contributed by atoms with Crippen molar-refractivity contribution in [1.29, 1.82) is 0 Å². The second kappa shape index (κ2) is 16.7. The lowest BCUT2D eigenvalue weighted by molar-refractivity contribution is -0.227. The first-order chi connectivity index (χ1) is 23.1. The van der Waals surface area contributed by atoms with Crippen LogP contribution in [0.25, 0.3) is 0 Å². The van der Waals surface area contributed by atoms with Crippen LogP contribution in [0.1, 0.15) is 119 Å². The van der Waals surface area contributed by atoms with E-state index >= 15 is 0 Å². The van der Waals surface area contributed by atoms with Crippen LogP contribution in [-0.2, 0) is 14.3 Å². The van der Waals surface area contributed by atoms with Crippen molar-refractivity contribution in [3.05, 3.63) is 22.8 Å². The van der Waals surface area contributed by atoms with E-state index in [1.54, 1.807) is 0 Å². The number of aliphatic hydroxyl groups is 1. The van der Waals surface area contributed by atoms with E-state index in [1.807, 2.05) is 13.8 Å². The molecule has 4 unspecified atom stereocenters. The number of aliphatic hydroxyl groups excluding tert-OH is 1. The molecule has 0 bridgehead atoms. The summed E-state index contributed by atoms with van der Waals surface area (Å²) in [4.78, 5) is 27.8. The number of hydrogen-bond donors (Lipinski definition) is 5. The molecule has 0 saturated heterocycles. The molecule has 0 aromatic heterocycles. The molecular formula is C40H70N4O5. The predicted molar refractivity (Wildman–Crippen MR) is 197 cm³/mol. The zero-order chi connectivity index (χ0) is 36.1. The highest BCUT2D eigenvalue weighted by molar-refractivity contribution is 5.88. The number of aliphatic carboxylic acids is 1. The van der Waals surface area contributed by atoms with E-state index < -0.39 is 18.2 Å². The molecule has 4 aliphatic rings. The van der Waals surface area contributed by atoms with Gasteiger partial charge in [0.2, 0.25) is 0 Å². The molecule has 0 amide bonds. The van der Waals surface area contributed by atoms with Crippen molar-refractivity contribution in [3.8, 4) is 0 Å². The van der Waals surface area contributed by atoms with Gasteiger partial charge in [0.05, 0.1) is 6.10 Å². The van der Waals surface area contributed by atoms with Gasteiger partial charge in [0, 0.05) is 18.5 Å². The summed E-state index contributed by atoms with van der Waals surface area (Å²) in [6.45, 7) is 20.6. The molecule has 4 rings (SSSR count). The Bertz CT molecular complexity index is 1210. The standard InChI is InChI=1S/C40H70N4O5/c1-26(2)12-8-13-29(37(47)48)35-31-24-33(46)36-38(5)16-15-32(43-20-11-23-44(21-9-18-41)22-10-19-42)27(3)30(38)14-17-39(36,6)40(31,7)25-34(35)49-28(4)45/h12,27,30-34,36,43,46H,8-11,13-25,41-42H2,1-7H3,(H,47,48)/t27-,30?,31?,32?,33+,34-,36?,38-,39-,40-/m0/s1. The van der Waals surface area contributed by atoms with Crippen LogP contribution >= 0.6 is 0 Å². The molecule has 7 N–H and O–H groups in total. The van der Waals surface area contributed by atoms with E-state index in [-0.39, 0.29) is 34.1 Å². The minimum absolute atomic E-state index is 0.0261. The SMILES string of the molecule is CC(=O)O[C@H]1C[C@@]2(C)C(C[C@@H](O)C3[C@@]4(C)CCC(NCCCN(CCCN)CCCN)[C@@H](C)C4CC[C@@]32C)C1=C(CCC=C(C)C)C(=O)O. The number of carboxylic acids is 1. The Morgan fingerprint density at radius 3 is 2.24 bits per heavy atom. The Labute approximate surface area is 297 Å². The van der Waals surface area contributed by atoms with Crippen LogP contribution in [0.2, 0.25) is 0 Å². The van der Waals surface area contributed by atoms with E-state index in [0.717, 1.165) is 95.4 Å². The van der Waals surface area contributed by atoms with Gasteiger partial charge >= 0.3 is 11.9 Å². The molecule has 10 atom stereocenters. The number of nitrogens with zero attached hydrogens (tertiary/aromatic N) is 1. The van der Waals surface area contributed by atoms with E-state index in [4.69, 9.17) is 16.2 Å². The van der Waals surface area contributed by atoms with Crippen LogP contribution in [0.4, 0.5) is 0 Å². The fraction of sp³-hybridized carbons (Fsp3) is 0.850. The van der Waals surface area contributed by atoms with E-state index in [9.17, 15) is 19.8 Å². The van der Waals surface area contributed by atoms with Gasteiger partial charge in [0.1, 0.15) is 6.10 Å². The van der Waals surface area contributed by atoms with Gasteiger partial charge in [-0.15, -0.1) is 0 Å². The maximum atomic E-state index is 12.8. The molecular weight excluding hydrogens is 616 g/mol. The number of carboxylic acid groups (broad SMARTS) is 1. The highest BCUT2D eigenvalue weighted by Crippen LogP contribution is 2.74. The summed E-state index contributed by atoms with van der Waals surface area (Å²) >= 11 is 0. The summed E-state index contributed by atoms with van der Waals surface area (Å²) in [6, 6.07) is 0.460. The van der Waals surface area contributed by atoms with Crippen molar-refractivity contribution in [2.45, 2.75) is 137 Å². The smallest absolute Gasteiger partial charge is 0.331 e. The monoisotopic (exact) mass is 687 g/mol. The first-order valence-corrected chi connectivity index (χ1v) is 19.4. The van der Waals surface area contributed by atoms with Crippen LogP contribution in [0.15, 0.2) is 22.8 Å². The van der Waals surface area contributed by atoms with Crippen molar-refractivity contribution in [2.24, 2.45) is 51.4 Å². The number of fused-ring (bicyclic) bond motifs is 5. The summed E-state index contributed by atoms with van der Waals surface area (Å²) < 4.78 is 5.98. The molecule has 4 fully saturated rings. The third-order valence-electron chi connectivity index (χ3n) is 14.0. The number of hydrogen-bond acceptors (Lipinski definition) is 8. The molecule has 49 heavy (non-hydrogen) atoms. The maximum absolute atomic E-state index is 12.8. The molecule has 0 aromatic rings. The van der Waals surface area contributed by atoms with Crippen molar-refractivity contribution < 1.29 is 24.5 Å². The number of rotatable bonds is 16. The van der Waals surface area contributed by atoms with Crippen LogP contribution < -0.4 is 16.8 Å². The molecule has 0 aromatic carbocycles. The summed E-state index contributed by atoms with van der Waals surface area (Å²) in [5.41, 5.74) is 13.3. The Kier molecular flexibility index (Phi) is 13.6. The fourth-order valence-electron chi connectivity index (χ4n) is 11.7. The van der Waals surface area contributed by atoms with Crippen molar-refractivity contribution >= 4 is 11.9 Å². The second-order valence-corrected chi connectivity index (χ2v) is 17.1. The quantitative estimate of drug-likeness (QED) is 0.0600. The third-order valence-corrected chi connectivity index (χ3v) is 14.0. The Balaban J connectivity index is 1.55. The summed E-state index contributed by atoms with van der Waals surface area (Å²) in [7, 11) is 0. The van der Waals surface area contributed by atoms with Crippen LogP contribution in [0, 0.1) is 39.9 Å². The molecule has 0 radical (unpaired) electrons. The molecule has 9 nitrogen and oxygen atoms in total. The largest absolute Gasteiger partial charge is 0.478 e. The van der Waals surface area contributed by atoms with E-state index in [1.165, 1.54) is 6.92 Å². The van der Waals surface area contributed by atoms with Crippen LogP contribution in [-0.4, -0.2) is 84.6 Å². The number of ether oxygens (including phenoxy) is 1. The van der Waals surface area contributed by atoms with Crippen LogP contribution in [0.3, 0.4) is 0 Å². The summed E-state index contributed by atoms with van der Waals surface area (Å²) in [5, 5.41) is 26.7. The van der Waals surface area contributed by atoms with Gasteiger partial charge in [0.25, 0.3) is 0 Å². The summed E-state index contributed by atoms with van der Waals surface area (Å²) in [5.74, 6) is -0.372. The second-order valence-electron chi connectivity index (χ2n) is 17.1. The lowest BCUT2D eigenvalue weighted by atomic mass is 9.36. The zero-order valence-electron chi connectivity index (χ0n) is 31.9. The van der Waals surface area contributed by atoms with E-state index in [0.29, 0.717) is 49.1 Å². The summed E-state index contributed by atoms with van der Waals surface area (Å²) in [6.07, 6.45) is 10.5. The Morgan fingerprint density at radius 2 is 1.65 bits per heavy atom. The van der Waals surface area contributed by atoms with Gasteiger partial charge in [-0.05, 0) is 169 Å². The first-order valence-electron chi connectivity index (χ1n) is 19.4. The Morgan fingerprint density at radius 1 is 1.00 bits per heavy atom. The number of esters is 1. The van der Waals surface area contributed by atoms with Crippen molar-refractivity contribution in [3.63, 3.8) is 0 Å². The van der Waals surface area contributed by atoms with Gasteiger partial charge in [-0.2, -0.15) is 0 Å². The predicted octanol–water partition coefficient (Wildman–Crippen LogP) is 5.65. The van der Waals surface area contributed by atoms with E-state index in [2.05, 4.69) is 44.0 Å². The van der Waals surface area contributed by atoms with Gasteiger partial charge in [0.15, 0.2) is 0 Å². The van der Waals surface area contributed by atoms with Gasteiger partial charge < -0.3 is 36.6 Å². The Hall–Kier alpha value is -1.78. The topological polar surface area (TPSA) is 151 Å². The van der Waals surface area contributed by atoms with Gasteiger partial charge in [-0.3, -0.25) is 4.79 Å². The number of carbonyl (C=O) groups is 2. The molecule has 280 valence electrons. The van der Waals surface area contributed by atoms with Crippen molar-refractivity contribution in [1.82, 2.24) is 10.2 Å². The molecule has 4 aliphatic carbocycles. The molecule has 0 spiro atoms. The molecule has 0 aliphatic heterocycles. The van der Waals surface area contributed by atoms with Gasteiger partial charge in [-0.1, -0.05) is 39.3 Å². The highest BCUT2D eigenvalue weighted by Gasteiger charge is 2.70. The first kappa shape index (κ1) is 40.0. The fourth-order valence-corrected chi connectivity index (χ4v) is 11.7. The zero-order valence-corrected chi connectivity index (χ0v) is 31.9. The van der Waals surface area contributed by atoms with Crippen molar-refractivity contribution in [2.75, 3.05) is 39.3 Å². The van der Waals surface area contributed by atoms with Crippen LogP contribution in [0.5, 0.6) is 0 Å². The minimum atomic E-state index is -0.936. The number of carbonyl (C=O) groups excluding carboxylic acids is 1. The lowest BCUT2D eigenvalue weighted by Crippen LogP contribution is -2.66. The maximum Gasteiger partial charge on any atom is 0.331 e.